The number of amides is 1. The van der Waals surface area contributed by atoms with Crippen molar-refractivity contribution < 1.29 is 9.18 Å². The Labute approximate surface area is 169 Å². The maximum absolute atomic E-state index is 13.8. The van der Waals surface area contributed by atoms with Crippen molar-refractivity contribution in [3.05, 3.63) is 66.2 Å². The first-order valence-electron chi connectivity index (χ1n) is 10.1. The zero-order chi connectivity index (χ0) is 20.2. The lowest BCUT2D eigenvalue weighted by Gasteiger charge is -2.32. The van der Waals surface area contributed by atoms with Gasteiger partial charge in [0.1, 0.15) is 11.6 Å². The van der Waals surface area contributed by atoms with Gasteiger partial charge in [0.2, 0.25) is 5.91 Å². The van der Waals surface area contributed by atoms with Crippen molar-refractivity contribution in [3.63, 3.8) is 0 Å². The molecule has 1 saturated carbocycles. The van der Waals surface area contributed by atoms with Crippen molar-refractivity contribution in [2.45, 2.75) is 38.5 Å². The summed E-state index contributed by atoms with van der Waals surface area (Å²) in [6.45, 7) is 1.98. The number of carbonyl (C=O) groups excluding carboxylic acids is 1. The number of carbonyl (C=O) groups is 1. The fourth-order valence-corrected chi connectivity index (χ4v) is 4.32. The van der Waals surface area contributed by atoms with Crippen LogP contribution in [0.4, 0.5) is 10.2 Å². The second-order valence-corrected chi connectivity index (χ2v) is 7.79. The molecule has 2 aromatic heterocycles. The molecule has 1 fully saturated rings. The number of hydrogen-bond acceptors (Lipinski definition) is 4. The summed E-state index contributed by atoms with van der Waals surface area (Å²) in [6.07, 6.45) is 7.41. The zero-order valence-electron chi connectivity index (χ0n) is 16.4. The summed E-state index contributed by atoms with van der Waals surface area (Å²) in [6, 6.07) is 12.3. The van der Waals surface area contributed by atoms with Gasteiger partial charge in [-0.2, -0.15) is 0 Å². The standard InChI is InChI=1S/C23H25FN4O/c1-15(23(29)28-27-22-4-2-3-12-26-22)16-5-7-17(8-6-16)19-11-13-25-21-10-9-18(24)14-20(19)21/h2-4,9-17H,5-8H2,1H3,(H,26,27)(H,28,29)/t15-,16-,17+/m1/s1. The van der Waals surface area contributed by atoms with E-state index in [1.165, 1.54) is 11.6 Å². The van der Waals surface area contributed by atoms with E-state index in [1.807, 2.05) is 25.1 Å². The summed E-state index contributed by atoms with van der Waals surface area (Å²) in [5, 5.41) is 0.904. The van der Waals surface area contributed by atoms with Gasteiger partial charge in [0.25, 0.3) is 0 Å². The minimum absolute atomic E-state index is 0.0180. The highest BCUT2D eigenvalue weighted by Crippen LogP contribution is 2.40. The smallest absolute Gasteiger partial charge is 0.241 e. The number of aromatic nitrogens is 2. The highest BCUT2D eigenvalue weighted by atomic mass is 19.1. The molecule has 0 saturated heterocycles. The molecule has 1 amide bonds. The predicted molar refractivity (Wildman–Crippen MR) is 112 cm³/mol. The Bertz CT molecular complexity index is 987. The first-order chi connectivity index (χ1) is 14.1. The molecule has 0 spiro atoms. The van der Waals surface area contributed by atoms with Crippen molar-refractivity contribution in [2.75, 3.05) is 5.43 Å². The second-order valence-electron chi connectivity index (χ2n) is 7.79. The minimum Gasteiger partial charge on any atom is -0.282 e. The van der Waals surface area contributed by atoms with Crippen LogP contribution in [0.3, 0.4) is 0 Å². The van der Waals surface area contributed by atoms with E-state index in [1.54, 1.807) is 30.6 Å². The molecule has 0 bridgehead atoms. The Morgan fingerprint density at radius 1 is 1.07 bits per heavy atom. The molecule has 3 aromatic rings. The quantitative estimate of drug-likeness (QED) is 0.611. The Hall–Kier alpha value is -3.02. The summed E-state index contributed by atoms with van der Waals surface area (Å²) in [5.41, 5.74) is 7.64. The number of halogens is 1. The number of anilines is 1. The van der Waals surface area contributed by atoms with Crippen molar-refractivity contribution in [2.24, 2.45) is 11.8 Å². The number of hydrogen-bond donors (Lipinski definition) is 2. The van der Waals surface area contributed by atoms with Crippen LogP contribution in [-0.4, -0.2) is 15.9 Å². The third kappa shape index (κ3) is 4.36. The van der Waals surface area contributed by atoms with Gasteiger partial charge in [-0.1, -0.05) is 13.0 Å². The fourth-order valence-electron chi connectivity index (χ4n) is 4.32. The topological polar surface area (TPSA) is 66.9 Å². The third-order valence-electron chi connectivity index (χ3n) is 6.05. The molecule has 5 nitrogen and oxygen atoms in total. The van der Waals surface area contributed by atoms with Gasteiger partial charge in [0.15, 0.2) is 0 Å². The summed E-state index contributed by atoms with van der Waals surface area (Å²) in [4.78, 5) is 21.0. The molecule has 6 heteroatoms. The predicted octanol–water partition coefficient (Wildman–Crippen LogP) is 4.82. The van der Waals surface area contributed by atoms with Crippen LogP contribution in [-0.2, 0) is 4.79 Å². The first-order valence-corrected chi connectivity index (χ1v) is 10.1. The monoisotopic (exact) mass is 392 g/mol. The van der Waals surface area contributed by atoms with E-state index in [0.29, 0.717) is 17.7 Å². The van der Waals surface area contributed by atoms with E-state index in [0.717, 1.165) is 36.6 Å². The van der Waals surface area contributed by atoms with Crippen LogP contribution in [0, 0.1) is 17.7 Å². The Morgan fingerprint density at radius 3 is 2.66 bits per heavy atom. The van der Waals surface area contributed by atoms with Gasteiger partial charge < -0.3 is 0 Å². The molecule has 150 valence electrons. The normalized spacial score (nSPS) is 20.2. The summed E-state index contributed by atoms with van der Waals surface area (Å²) in [5.74, 6) is 0.996. The van der Waals surface area contributed by atoms with E-state index in [2.05, 4.69) is 20.8 Å². The highest BCUT2D eigenvalue weighted by molar-refractivity contribution is 5.82. The van der Waals surface area contributed by atoms with Crippen LogP contribution in [0.25, 0.3) is 10.9 Å². The van der Waals surface area contributed by atoms with Gasteiger partial charge >= 0.3 is 0 Å². The van der Waals surface area contributed by atoms with Gasteiger partial charge in [0, 0.05) is 23.7 Å². The van der Waals surface area contributed by atoms with Gasteiger partial charge in [-0.05, 0) is 79.5 Å². The Morgan fingerprint density at radius 2 is 1.90 bits per heavy atom. The molecule has 4 rings (SSSR count). The third-order valence-corrected chi connectivity index (χ3v) is 6.05. The summed E-state index contributed by atoms with van der Waals surface area (Å²) in [7, 11) is 0. The van der Waals surface area contributed by atoms with Crippen molar-refractivity contribution in [3.8, 4) is 0 Å². The van der Waals surface area contributed by atoms with Crippen LogP contribution in [0.5, 0.6) is 0 Å². The summed E-state index contributed by atoms with van der Waals surface area (Å²) >= 11 is 0. The molecule has 1 aliphatic carbocycles. The van der Waals surface area contributed by atoms with Gasteiger partial charge in [-0.3, -0.25) is 20.6 Å². The molecular formula is C23H25FN4O. The molecule has 1 atom stereocenters. The average molecular weight is 392 g/mol. The van der Waals surface area contributed by atoms with Gasteiger partial charge in [-0.25, -0.2) is 9.37 Å². The lowest BCUT2D eigenvalue weighted by Crippen LogP contribution is -2.38. The fraction of sp³-hybridized carbons (Fsp3) is 0.348. The molecule has 2 heterocycles. The lowest BCUT2D eigenvalue weighted by molar-refractivity contribution is -0.126. The van der Waals surface area contributed by atoms with Crippen molar-refractivity contribution >= 4 is 22.6 Å². The maximum atomic E-state index is 13.8. The number of pyridine rings is 2. The van der Waals surface area contributed by atoms with Crippen LogP contribution in [0.1, 0.15) is 44.1 Å². The van der Waals surface area contributed by atoms with E-state index in [9.17, 15) is 9.18 Å². The second kappa shape index (κ2) is 8.55. The number of hydrazine groups is 1. The van der Waals surface area contributed by atoms with Crippen molar-refractivity contribution in [1.29, 1.82) is 0 Å². The maximum Gasteiger partial charge on any atom is 0.241 e. The number of nitrogens with zero attached hydrogens (tertiary/aromatic N) is 2. The van der Waals surface area contributed by atoms with E-state index in [4.69, 9.17) is 0 Å². The molecule has 29 heavy (non-hydrogen) atoms. The number of rotatable bonds is 5. The van der Waals surface area contributed by atoms with Crippen LogP contribution >= 0.6 is 0 Å². The largest absolute Gasteiger partial charge is 0.282 e. The first kappa shape index (κ1) is 19.3. The molecule has 0 unspecified atom stereocenters. The highest BCUT2D eigenvalue weighted by Gasteiger charge is 2.30. The zero-order valence-corrected chi connectivity index (χ0v) is 16.4. The minimum atomic E-state index is -0.230. The summed E-state index contributed by atoms with van der Waals surface area (Å²) < 4.78 is 13.8. The SMILES string of the molecule is C[C@@H](C(=O)NNc1ccccn1)[C@H]1CC[C@@H](c2ccnc3ccc(F)cc32)CC1. The van der Waals surface area contributed by atoms with Crippen molar-refractivity contribution in [1.82, 2.24) is 15.4 Å². The van der Waals surface area contributed by atoms with E-state index >= 15 is 0 Å². The molecule has 1 aliphatic rings. The average Bonchev–Trinajstić information content (AvgIpc) is 2.77. The Balaban J connectivity index is 1.37. The lowest BCUT2D eigenvalue weighted by atomic mass is 9.73. The molecule has 2 N–H and O–H groups in total. The number of fused-ring (bicyclic) bond motifs is 1. The molecule has 0 aliphatic heterocycles. The van der Waals surface area contributed by atoms with Crippen LogP contribution in [0.2, 0.25) is 0 Å². The molecule has 0 radical (unpaired) electrons. The molecule has 1 aromatic carbocycles. The van der Waals surface area contributed by atoms with Gasteiger partial charge in [0.05, 0.1) is 5.52 Å². The van der Waals surface area contributed by atoms with Crippen LogP contribution < -0.4 is 10.9 Å². The van der Waals surface area contributed by atoms with Crippen LogP contribution in [0.15, 0.2) is 54.9 Å². The van der Waals surface area contributed by atoms with E-state index in [-0.39, 0.29) is 17.6 Å². The van der Waals surface area contributed by atoms with Gasteiger partial charge in [-0.15, -0.1) is 0 Å². The van der Waals surface area contributed by atoms with E-state index < -0.39 is 0 Å². The Kier molecular flexibility index (Phi) is 5.69. The molecular weight excluding hydrogens is 367 g/mol. The number of nitrogens with one attached hydrogen (secondary N) is 2. The number of benzene rings is 1.